The number of nitrogens with one attached hydrogen (secondary N) is 1. The molecular weight excluding hydrogens is 274 g/mol. The lowest BCUT2D eigenvalue weighted by molar-refractivity contribution is -0.156. The fourth-order valence-corrected chi connectivity index (χ4v) is 2.96. The van der Waals surface area contributed by atoms with Gasteiger partial charge < -0.3 is 10.2 Å². The molecule has 1 aromatic heterocycles. The monoisotopic (exact) mass is 295 g/mol. The molecule has 1 aliphatic heterocycles. The second-order valence-electron chi connectivity index (χ2n) is 6.06. The van der Waals surface area contributed by atoms with Gasteiger partial charge in [0, 0.05) is 11.6 Å². The first-order valence-electron chi connectivity index (χ1n) is 6.83. The number of aromatic nitrogens is 1. The number of rotatable bonds is 4. The number of thiazole rings is 1. The Kier molecular flexibility index (Phi) is 4.13. The summed E-state index contributed by atoms with van der Waals surface area (Å²) in [4.78, 5) is 30.8. The van der Waals surface area contributed by atoms with Crippen molar-refractivity contribution in [3.8, 4) is 0 Å². The Labute approximate surface area is 123 Å². The molecule has 2 rings (SSSR count). The molecule has 0 aliphatic carbocycles. The van der Waals surface area contributed by atoms with Gasteiger partial charge in [0.25, 0.3) is 0 Å². The molecule has 0 radical (unpaired) electrons. The Morgan fingerprint density at radius 3 is 2.70 bits per heavy atom. The van der Waals surface area contributed by atoms with E-state index in [-0.39, 0.29) is 11.8 Å². The number of carbonyl (C=O) groups excluding carboxylic acids is 2. The number of nitrogens with zero attached hydrogens (tertiary/aromatic N) is 2. The summed E-state index contributed by atoms with van der Waals surface area (Å²) in [6, 6.07) is -0.421. The molecule has 1 unspecified atom stereocenters. The molecule has 0 aromatic carbocycles. The van der Waals surface area contributed by atoms with Gasteiger partial charge in [-0.2, -0.15) is 0 Å². The van der Waals surface area contributed by atoms with Crippen molar-refractivity contribution in [1.29, 1.82) is 0 Å². The summed E-state index contributed by atoms with van der Waals surface area (Å²) in [5.41, 5.74) is -0.837. The van der Waals surface area contributed by atoms with Crippen molar-refractivity contribution in [2.45, 2.75) is 52.2 Å². The largest absolute Gasteiger partial charge is 0.342 e. The number of hydrogen-bond donors (Lipinski definition) is 1. The second kappa shape index (κ2) is 5.52. The van der Waals surface area contributed by atoms with E-state index < -0.39 is 11.6 Å². The minimum atomic E-state index is -0.837. The lowest BCUT2D eigenvalue weighted by Gasteiger charge is -2.44. The Hall–Kier alpha value is -1.43. The van der Waals surface area contributed by atoms with Crippen molar-refractivity contribution in [2.75, 3.05) is 0 Å². The van der Waals surface area contributed by atoms with E-state index in [0.29, 0.717) is 18.9 Å². The molecule has 0 spiro atoms. The standard InChI is InChI=1S/C14H21N3O2S/c1-9(2)7-10-12(18)17(8-11-15-5-6-20-11)14(3,4)13(19)16-10/h5-6,9-10H,7-8H2,1-4H3,(H,16,19). The molecule has 1 saturated heterocycles. The van der Waals surface area contributed by atoms with Crippen molar-refractivity contribution >= 4 is 23.2 Å². The van der Waals surface area contributed by atoms with Gasteiger partial charge in [-0.05, 0) is 26.2 Å². The molecule has 2 amide bonds. The van der Waals surface area contributed by atoms with Crippen LogP contribution < -0.4 is 5.32 Å². The zero-order valence-electron chi connectivity index (χ0n) is 12.3. The maximum atomic E-state index is 12.6. The molecule has 20 heavy (non-hydrogen) atoms. The van der Waals surface area contributed by atoms with Gasteiger partial charge in [0.15, 0.2) is 0 Å². The molecule has 1 N–H and O–H groups in total. The van der Waals surface area contributed by atoms with Gasteiger partial charge in [0.05, 0.1) is 6.54 Å². The van der Waals surface area contributed by atoms with Gasteiger partial charge in [-0.25, -0.2) is 4.98 Å². The lowest BCUT2D eigenvalue weighted by atomic mass is 9.92. The van der Waals surface area contributed by atoms with Crippen molar-refractivity contribution in [3.05, 3.63) is 16.6 Å². The average molecular weight is 295 g/mol. The van der Waals surface area contributed by atoms with Crippen LogP contribution >= 0.6 is 11.3 Å². The minimum absolute atomic E-state index is 0.0153. The van der Waals surface area contributed by atoms with Crippen LogP contribution in [0.25, 0.3) is 0 Å². The Morgan fingerprint density at radius 1 is 1.45 bits per heavy atom. The predicted octanol–water partition coefficient (Wildman–Crippen LogP) is 1.79. The highest BCUT2D eigenvalue weighted by Crippen LogP contribution is 2.26. The van der Waals surface area contributed by atoms with Crippen LogP contribution in [0.4, 0.5) is 0 Å². The molecule has 6 heteroatoms. The fraction of sp³-hybridized carbons (Fsp3) is 0.643. The van der Waals surface area contributed by atoms with E-state index in [1.165, 1.54) is 11.3 Å². The summed E-state index contributed by atoms with van der Waals surface area (Å²) in [6.45, 7) is 8.04. The highest BCUT2D eigenvalue weighted by atomic mass is 32.1. The van der Waals surface area contributed by atoms with E-state index >= 15 is 0 Å². The van der Waals surface area contributed by atoms with Crippen molar-refractivity contribution in [2.24, 2.45) is 5.92 Å². The summed E-state index contributed by atoms with van der Waals surface area (Å²) in [7, 11) is 0. The van der Waals surface area contributed by atoms with Gasteiger partial charge in [-0.15, -0.1) is 11.3 Å². The molecule has 0 bridgehead atoms. The van der Waals surface area contributed by atoms with Crippen LogP contribution in [0.2, 0.25) is 0 Å². The Morgan fingerprint density at radius 2 is 2.15 bits per heavy atom. The maximum Gasteiger partial charge on any atom is 0.246 e. The molecule has 110 valence electrons. The van der Waals surface area contributed by atoms with E-state index in [1.54, 1.807) is 24.9 Å². The summed E-state index contributed by atoms with van der Waals surface area (Å²) in [5, 5.41) is 5.58. The summed E-state index contributed by atoms with van der Waals surface area (Å²) in [6.07, 6.45) is 2.38. The molecule has 0 saturated carbocycles. The highest BCUT2D eigenvalue weighted by Gasteiger charge is 2.46. The van der Waals surface area contributed by atoms with Crippen LogP contribution in [0.3, 0.4) is 0 Å². The first-order valence-corrected chi connectivity index (χ1v) is 7.71. The van der Waals surface area contributed by atoms with E-state index in [2.05, 4.69) is 10.3 Å². The SMILES string of the molecule is CC(C)CC1NC(=O)C(C)(C)N(Cc2nccs2)C1=O. The lowest BCUT2D eigenvalue weighted by Crippen LogP contribution is -2.68. The van der Waals surface area contributed by atoms with Crippen LogP contribution in [0.15, 0.2) is 11.6 Å². The van der Waals surface area contributed by atoms with E-state index in [0.717, 1.165) is 5.01 Å². The van der Waals surface area contributed by atoms with Crippen LogP contribution in [-0.2, 0) is 16.1 Å². The average Bonchev–Trinajstić information content (AvgIpc) is 2.84. The van der Waals surface area contributed by atoms with Gasteiger partial charge in [-0.1, -0.05) is 13.8 Å². The first kappa shape index (κ1) is 15.0. The van der Waals surface area contributed by atoms with Crippen molar-refractivity contribution < 1.29 is 9.59 Å². The van der Waals surface area contributed by atoms with Crippen LogP contribution in [-0.4, -0.2) is 33.3 Å². The van der Waals surface area contributed by atoms with Crippen molar-refractivity contribution in [3.63, 3.8) is 0 Å². The Bertz CT molecular complexity index is 497. The molecule has 1 fully saturated rings. The molecule has 1 atom stereocenters. The normalized spacial score (nSPS) is 22.2. The second-order valence-corrected chi connectivity index (χ2v) is 7.04. The van der Waals surface area contributed by atoms with Crippen LogP contribution in [0, 0.1) is 5.92 Å². The highest BCUT2D eigenvalue weighted by molar-refractivity contribution is 7.09. The zero-order valence-corrected chi connectivity index (χ0v) is 13.2. The Balaban J connectivity index is 2.23. The third-order valence-electron chi connectivity index (χ3n) is 3.58. The number of hydrogen-bond acceptors (Lipinski definition) is 4. The fourth-order valence-electron chi connectivity index (χ4n) is 2.36. The quantitative estimate of drug-likeness (QED) is 0.921. The van der Waals surface area contributed by atoms with E-state index in [4.69, 9.17) is 0 Å². The molecule has 1 aliphatic rings. The molecule has 1 aromatic rings. The molecular formula is C14H21N3O2S. The summed E-state index contributed by atoms with van der Waals surface area (Å²) >= 11 is 1.50. The molecule has 2 heterocycles. The summed E-state index contributed by atoms with van der Waals surface area (Å²) < 4.78 is 0. The first-order chi connectivity index (χ1) is 9.32. The van der Waals surface area contributed by atoms with Gasteiger partial charge in [-0.3, -0.25) is 9.59 Å². The van der Waals surface area contributed by atoms with Crippen molar-refractivity contribution in [1.82, 2.24) is 15.2 Å². The van der Waals surface area contributed by atoms with E-state index in [9.17, 15) is 9.59 Å². The number of carbonyl (C=O) groups is 2. The number of amides is 2. The van der Waals surface area contributed by atoms with Gasteiger partial charge in [0.2, 0.25) is 11.8 Å². The van der Waals surface area contributed by atoms with E-state index in [1.807, 2.05) is 19.2 Å². The third-order valence-corrected chi connectivity index (χ3v) is 4.35. The van der Waals surface area contributed by atoms with Gasteiger partial charge in [0.1, 0.15) is 16.6 Å². The van der Waals surface area contributed by atoms with Crippen LogP contribution in [0.1, 0.15) is 39.1 Å². The molecule has 5 nitrogen and oxygen atoms in total. The minimum Gasteiger partial charge on any atom is -0.342 e. The van der Waals surface area contributed by atoms with Gasteiger partial charge >= 0.3 is 0 Å². The third kappa shape index (κ3) is 2.85. The predicted molar refractivity (Wildman–Crippen MR) is 78.1 cm³/mol. The topological polar surface area (TPSA) is 62.3 Å². The van der Waals surface area contributed by atoms with Crippen LogP contribution in [0.5, 0.6) is 0 Å². The zero-order chi connectivity index (χ0) is 14.9. The number of piperazine rings is 1. The smallest absolute Gasteiger partial charge is 0.246 e. The maximum absolute atomic E-state index is 12.6. The summed E-state index contributed by atoms with van der Waals surface area (Å²) in [5.74, 6) is 0.241.